The first-order valence-electron chi connectivity index (χ1n) is 19.4. The molecule has 0 fully saturated rings. The summed E-state index contributed by atoms with van der Waals surface area (Å²) in [7, 11) is 0. The van der Waals surface area contributed by atoms with Crippen molar-refractivity contribution >= 4 is 30.3 Å². The van der Waals surface area contributed by atoms with Crippen LogP contribution in [0.4, 0.5) is 19.2 Å². The molecule has 0 aliphatic rings. The van der Waals surface area contributed by atoms with Crippen LogP contribution in [-0.2, 0) is 23.7 Å². The molecule has 0 unspecified atom stereocenters. The van der Waals surface area contributed by atoms with Crippen molar-refractivity contribution < 1.29 is 42.9 Å². The standard InChI is InChI=1S/C39H75N5O9/c1-30(45)40-23-17-15-14-16-22-31(28-43(34(48)52-38(8,9)10)26-20-18-24-41-32(46)50-36(2,3)4)29-44(35(49)53-39(11,12)13)27-21-19-25-42-33(47)51-37(5,6)7/h31H,14-29H2,1-13H3,(H,40,45)(H,41,46)(H,42,47). The molecular weight excluding hydrogens is 682 g/mol. The van der Waals surface area contributed by atoms with Crippen LogP contribution in [0.1, 0.15) is 148 Å². The lowest BCUT2D eigenvalue weighted by Crippen LogP contribution is -2.45. The van der Waals surface area contributed by atoms with Crippen molar-refractivity contribution in [2.24, 2.45) is 5.92 Å². The molecule has 0 aliphatic carbocycles. The van der Waals surface area contributed by atoms with Crippen LogP contribution in [0.2, 0.25) is 0 Å². The highest BCUT2D eigenvalue weighted by Gasteiger charge is 2.29. The Morgan fingerprint density at radius 2 is 0.811 bits per heavy atom. The Morgan fingerprint density at radius 1 is 0.472 bits per heavy atom. The van der Waals surface area contributed by atoms with Gasteiger partial charge in [-0.2, -0.15) is 0 Å². The van der Waals surface area contributed by atoms with Gasteiger partial charge in [0.25, 0.3) is 0 Å². The highest BCUT2D eigenvalue weighted by atomic mass is 16.6. The van der Waals surface area contributed by atoms with Crippen LogP contribution >= 0.6 is 0 Å². The van der Waals surface area contributed by atoms with Gasteiger partial charge in [0, 0.05) is 52.7 Å². The molecule has 5 amide bonds. The third kappa shape index (κ3) is 30.7. The zero-order chi connectivity index (χ0) is 40.9. The van der Waals surface area contributed by atoms with E-state index in [0.717, 1.165) is 32.1 Å². The van der Waals surface area contributed by atoms with Gasteiger partial charge in [0.2, 0.25) is 5.91 Å². The van der Waals surface area contributed by atoms with Crippen LogP contribution in [0, 0.1) is 5.92 Å². The zero-order valence-corrected chi connectivity index (χ0v) is 35.5. The first-order valence-corrected chi connectivity index (χ1v) is 19.4. The number of rotatable bonds is 21. The Balaban J connectivity index is 5.92. The number of carbonyl (C=O) groups excluding carboxylic acids is 5. The molecule has 0 heterocycles. The topological polar surface area (TPSA) is 165 Å². The third-order valence-electron chi connectivity index (χ3n) is 7.22. The van der Waals surface area contributed by atoms with Crippen LogP contribution in [0.25, 0.3) is 0 Å². The lowest BCUT2D eigenvalue weighted by atomic mass is 9.98. The summed E-state index contributed by atoms with van der Waals surface area (Å²) in [6, 6.07) is 0. The Morgan fingerprint density at radius 3 is 1.17 bits per heavy atom. The summed E-state index contributed by atoms with van der Waals surface area (Å²) in [6.07, 6.45) is 5.00. The Labute approximate surface area is 320 Å². The zero-order valence-electron chi connectivity index (χ0n) is 35.5. The number of unbranched alkanes of at least 4 members (excludes halogenated alkanes) is 5. The van der Waals surface area contributed by atoms with Gasteiger partial charge < -0.3 is 44.7 Å². The molecule has 0 saturated heterocycles. The van der Waals surface area contributed by atoms with E-state index in [-0.39, 0.29) is 11.8 Å². The lowest BCUT2D eigenvalue weighted by Gasteiger charge is -2.34. The maximum atomic E-state index is 13.5. The van der Waals surface area contributed by atoms with Gasteiger partial charge >= 0.3 is 24.4 Å². The smallest absolute Gasteiger partial charge is 0.410 e. The fraction of sp³-hybridized carbons (Fsp3) is 0.872. The predicted molar refractivity (Wildman–Crippen MR) is 208 cm³/mol. The average Bonchev–Trinajstić information content (AvgIpc) is 2.94. The van der Waals surface area contributed by atoms with Crippen molar-refractivity contribution in [1.82, 2.24) is 25.8 Å². The summed E-state index contributed by atoms with van der Waals surface area (Å²) < 4.78 is 22.3. The summed E-state index contributed by atoms with van der Waals surface area (Å²) in [4.78, 5) is 66.0. The van der Waals surface area contributed by atoms with Crippen LogP contribution < -0.4 is 16.0 Å². The number of alkyl carbamates (subject to hydrolysis) is 2. The maximum absolute atomic E-state index is 13.5. The molecule has 3 N–H and O–H groups in total. The average molecular weight is 758 g/mol. The van der Waals surface area contributed by atoms with Gasteiger partial charge in [0.1, 0.15) is 22.4 Å². The van der Waals surface area contributed by atoms with E-state index in [0.29, 0.717) is 71.5 Å². The number of hydrogen-bond donors (Lipinski definition) is 3. The Bertz CT molecular complexity index is 1030. The van der Waals surface area contributed by atoms with Crippen molar-refractivity contribution in [2.45, 2.75) is 170 Å². The third-order valence-corrected chi connectivity index (χ3v) is 7.22. The number of ether oxygens (including phenoxy) is 4. The predicted octanol–water partition coefficient (Wildman–Crippen LogP) is 7.77. The molecule has 0 aromatic carbocycles. The maximum Gasteiger partial charge on any atom is 0.410 e. The van der Waals surface area contributed by atoms with Crippen molar-refractivity contribution in [3.05, 3.63) is 0 Å². The molecule has 0 atom stereocenters. The molecule has 0 spiro atoms. The Kier molecular flexibility index (Phi) is 22.5. The summed E-state index contributed by atoms with van der Waals surface area (Å²) >= 11 is 0. The second-order valence-corrected chi connectivity index (χ2v) is 17.7. The van der Waals surface area contributed by atoms with E-state index in [1.165, 1.54) is 6.92 Å². The van der Waals surface area contributed by atoms with E-state index >= 15 is 0 Å². The van der Waals surface area contributed by atoms with Gasteiger partial charge in [-0.15, -0.1) is 0 Å². The fourth-order valence-electron chi connectivity index (χ4n) is 5.07. The largest absolute Gasteiger partial charge is 0.444 e. The van der Waals surface area contributed by atoms with Crippen LogP contribution in [0.5, 0.6) is 0 Å². The van der Waals surface area contributed by atoms with Gasteiger partial charge in [-0.1, -0.05) is 19.3 Å². The van der Waals surface area contributed by atoms with Crippen molar-refractivity contribution in [2.75, 3.05) is 45.8 Å². The first kappa shape index (κ1) is 49.6. The van der Waals surface area contributed by atoms with Gasteiger partial charge in [0.15, 0.2) is 0 Å². The molecule has 310 valence electrons. The van der Waals surface area contributed by atoms with Crippen LogP contribution in [-0.4, -0.2) is 108 Å². The van der Waals surface area contributed by atoms with E-state index in [1.54, 1.807) is 51.3 Å². The fourth-order valence-corrected chi connectivity index (χ4v) is 5.07. The number of nitrogens with one attached hydrogen (secondary N) is 3. The lowest BCUT2D eigenvalue weighted by molar-refractivity contribution is -0.118. The Hall–Kier alpha value is -3.45. The van der Waals surface area contributed by atoms with Crippen molar-refractivity contribution in [3.63, 3.8) is 0 Å². The molecule has 0 aromatic rings. The number of amides is 5. The number of hydrogen-bond acceptors (Lipinski definition) is 9. The quantitative estimate of drug-likeness (QED) is 0.0784. The normalized spacial score (nSPS) is 12.1. The van der Waals surface area contributed by atoms with E-state index < -0.39 is 46.8 Å². The monoisotopic (exact) mass is 758 g/mol. The van der Waals surface area contributed by atoms with Gasteiger partial charge in [-0.3, -0.25) is 4.79 Å². The van der Waals surface area contributed by atoms with Gasteiger partial charge in [-0.25, -0.2) is 19.2 Å². The minimum atomic E-state index is -0.701. The van der Waals surface area contributed by atoms with E-state index in [2.05, 4.69) is 16.0 Å². The number of nitrogens with zero attached hydrogens (tertiary/aromatic N) is 2. The SMILES string of the molecule is CC(=O)NCCCCCCC(CN(CCCCNC(=O)OC(C)(C)C)C(=O)OC(C)(C)C)CN(CCCCNC(=O)OC(C)(C)C)C(=O)OC(C)(C)C. The second kappa shape index (κ2) is 24.1. The molecule has 0 saturated carbocycles. The molecule has 14 heteroatoms. The molecule has 14 nitrogen and oxygen atoms in total. The molecule has 0 aliphatic heterocycles. The van der Waals surface area contributed by atoms with Gasteiger partial charge in [0.05, 0.1) is 0 Å². The number of carbonyl (C=O) groups is 5. The van der Waals surface area contributed by atoms with Crippen molar-refractivity contribution in [3.8, 4) is 0 Å². The molecular formula is C39H75N5O9. The van der Waals surface area contributed by atoms with Crippen LogP contribution in [0.3, 0.4) is 0 Å². The molecule has 0 rings (SSSR count). The highest BCUT2D eigenvalue weighted by molar-refractivity contribution is 5.72. The summed E-state index contributed by atoms with van der Waals surface area (Å²) in [5.74, 6) is -0.138. The molecule has 0 aromatic heterocycles. The highest BCUT2D eigenvalue weighted by Crippen LogP contribution is 2.20. The minimum absolute atomic E-state index is 0.0456. The summed E-state index contributed by atoms with van der Waals surface area (Å²) in [5.41, 5.74) is -2.59. The first-order chi connectivity index (χ1) is 24.3. The van der Waals surface area contributed by atoms with E-state index in [4.69, 9.17) is 18.9 Å². The van der Waals surface area contributed by atoms with E-state index in [1.807, 2.05) is 41.5 Å². The van der Waals surface area contributed by atoms with Crippen molar-refractivity contribution in [1.29, 1.82) is 0 Å². The molecule has 53 heavy (non-hydrogen) atoms. The van der Waals surface area contributed by atoms with Gasteiger partial charge in [-0.05, 0) is 128 Å². The summed E-state index contributed by atoms with van der Waals surface area (Å²) in [5, 5.41) is 8.37. The minimum Gasteiger partial charge on any atom is -0.444 e. The second-order valence-electron chi connectivity index (χ2n) is 17.7. The molecule has 0 bridgehead atoms. The van der Waals surface area contributed by atoms with E-state index in [9.17, 15) is 24.0 Å². The van der Waals surface area contributed by atoms with Crippen LogP contribution in [0.15, 0.2) is 0 Å². The summed E-state index contributed by atoms with van der Waals surface area (Å²) in [6.45, 7) is 26.3. The molecule has 0 radical (unpaired) electrons.